The van der Waals surface area contributed by atoms with Gasteiger partial charge in [0.05, 0.1) is 17.7 Å². The fourth-order valence-electron chi connectivity index (χ4n) is 1.98. The SMILES string of the molecule is COC(=O)c1ccc(C=Cc2cc(Cl)cc(Cl)c2OS(=O)(=O)C(F)(F)F)cc1. The van der Waals surface area contributed by atoms with E-state index in [2.05, 4.69) is 8.92 Å². The molecular weight excluding hydrogens is 444 g/mol. The monoisotopic (exact) mass is 454 g/mol. The van der Waals surface area contributed by atoms with Gasteiger partial charge in [-0.3, -0.25) is 0 Å². The van der Waals surface area contributed by atoms with Crippen molar-refractivity contribution in [1.82, 2.24) is 0 Å². The van der Waals surface area contributed by atoms with E-state index >= 15 is 0 Å². The van der Waals surface area contributed by atoms with Gasteiger partial charge in [0.2, 0.25) is 0 Å². The van der Waals surface area contributed by atoms with Gasteiger partial charge in [0, 0.05) is 10.6 Å². The lowest BCUT2D eigenvalue weighted by Crippen LogP contribution is -2.28. The second kappa shape index (κ2) is 8.42. The van der Waals surface area contributed by atoms with Crippen LogP contribution in [-0.4, -0.2) is 27.0 Å². The largest absolute Gasteiger partial charge is 0.534 e. The third-order valence-electron chi connectivity index (χ3n) is 3.30. The molecule has 0 aliphatic rings. The number of halogens is 5. The molecule has 0 spiro atoms. The van der Waals surface area contributed by atoms with E-state index in [9.17, 15) is 26.4 Å². The minimum atomic E-state index is -5.92. The highest BCUT2D eigenvalue weighted by molar-refractivity contribution is 7.88. The van der Waals surface area contributed by atoms with Gasteiger partial charge in [-0.25, -0.2) is 4.79 Å². The van der Waals surface area contributed by atoms with Crippen molar-refractivity contribution in [1.29, 1.82) is 0 Å². The van der Waals surface area contributed by atoms with Crippen molar-refractivity contribution in [3.63, 3.8) is 0 Å². The summed E-state index contributed by atoms with van der Waals surface area (Å²) >= 11 is 11.7. The van der Waals surface area contributed by atoms with Crippen molar-refractivity contribution in [2.24, 2.45) is 0 Å². The van der Waals surface area contributed by atoms with Crippen molar-refractivity contribution in [3.8, 4) is 5.75 Å². The molecule has 0 atom stereocenters. The number of carbonyl (C=O) groups excluding carboxylic acids is 1. The summed E-state index contributed by atoms with van der Waals surface area (Å²) in [5, 5.41) is -0.358. The first-order chi connectivity index (χ1) is 12.9. The molecule has 2 rings (SSSR count). The Balaban J connectivity index is 2.40. The predicted octanol–water partition coefficient (Wildman–Crippen LogP) is 5.18. The Morgan fingerprint density at radius 1 is 1.07 bits per heavy atom. The van der Waals surface area contributed by atoms with E-state index in [0.29, 0.717) is 11.1 Å². The van der Waals surface area contributed by atoms with Gasteiger partial charge in [0.25, 0.3) is 0 Å². The number of alkyl halides is 3. The smallest absolute Gasteiger partial charge is 0.465 e. The van der Waals surface area contributed by atoms with Crippen LogP contribution in [0.1, 0.15) is 21.5 Å². The zero-order valence-corrected chi connectivity index (χ0v) is 16.3. The molecule has 150 valence electrons. The fourth-order valence-corrected chi connectivity index (χ4v) is 3.08. The molecule has 0 N–H and O–H groups in total. The Labute approximate surface area is 168 Å². The van der Waals surface area contributed by atoms with Gasteiger partial charge in [-0.2, -0.15) is 21.6 Å². The van der Waals surface area contributed by atoms with Crippen LogP contribution in [0.3, 0.4) is 0 Å². The third-order valence-corrected chi connectivity index (χ3v) is 4.75. The van der Waals surface area contributed by atoms with Crippen LogP contribution in [0, 0.1) is 0 Å². The van der Waals surface area contributed by atoms with E-state index in [1.807, 2.05) is 0 Å². The molecule has 2 aromatic rings. The Morgan fingerprint density at radius 3 is 2.21 bits per heavy atom. The average molecular weight is 455 g/mol. The van der Waals surface area contributed by atoms with Crippen LogP contribution in [0.4, 0.5) is 13.2 Å². The summed E-state index contributed by atoms with van der Waals surface area (Å²) in [6.07, 6.45) is 2.71. The Bertz CT molecular complexity index is 1020. The second-order valence-electron chi connectivity index (χ2n) is 5.24. The van der Waals surface area contributed by atoms with E-state index in [1.54, 1.807) is 12.1 Å². The fraction of sp³-hybridized carbons (Fsp3) is 0.118. The molecule has 0 saturated heterocycles. The molecule has 0 radical (unpaired) electrons. The zero-order valence-electron chi connectivity index (χ0n) is 14.0. The minimum Gasteiger partial charge on any atom is -0.465 e. The quantitative estimate of drug-likeness (QED) is 0.269. The van der Waals surface area contributed by atoms with Crippen molar-refractivity contribution in [3.05, 3.63) is 63.1 Å². The highest BCUT2D eigenvalue weighted by Gasteiger charge is 2.49. The molecule has 0 heterocycles. The minimum absolute atomic E-state index is 0.0578. The van der Waals surface area contributed by atoms with Crippen molar-refractivity contribution in [2.75, 3.05) is 7.11 Å². The van der Waals surface area contributed by atoms with Gasteiger partial charge in [0.15, 0.2) is 5.75 Å². The van der Waals surface area contributed by atoms with E-state index in [4.69, 9.17) is 23.2 Å². The van der Waals surface area contributed by atoms with Crippen molar-refractivity contribution in [2.45, 2.75) is 5.51 Å². The van der Waals surface area contributed by atoms with Crippen molar-refractivity contribution >= 4 is 51.4 Å². The summed E-state index contributed by atoms with van der Waals surface area (Å²) in [4.78, 5) is 11.4. The molecule has 11 heteroatoms. The van der Waals surface area contributed by atoms with Crippen LogP contribution in [0.2, 0.25) is 10.0 Å². The Morgan fingerprint density at radius 2 is 1.68 bits per heavy atom. The first-order valence-electron chi connectivity index (χ1n) is 7.31. The maximum absolute atomic E-state index is 12.6. The van der Waals surface area contributed by atoms with Crippen LogP contribution in [0.5, 0.6) is 5.75 Å². The lowest BCUT2D eigenvalue weighted by atomic mass is 10.1. The summed E-state index contributed by atoms with van der Waals surface area (Å²) < 4.78 is 69.2. The molecule has 0 unspecified atom stereocenters. The number of benzene rings is 2. The van der Waals surface area contributed by atoms with Crippen LogP contribution in [0.25, 0.3) is 12.2 Å². The van der Waals surface area contributed by atoms with Crippen LogP contribution >= 0.6 is 23.2 Å². The summed E-state index contributed by atoms with van der Waals surface area (Å²) in [5.41, 5.74) is -4.87. The summed E-state index contributed by atoms with van der Waals surface area (Å²) in [7, 11) is -4.69. The molecule has 0 aromatic heterocycles. The van der Waals surface area contributed by atoms with Gasteiger partial charge in [0.1, 0.15) is 0 Å². The molecule has 0 aliphatic heterocycles. The maximum atomic E-state index is 12.6. The van der Waals surface area contributed by atoms with E-state index in [0.717, 1.165) is 6.07 Å². The van der Waals surface area contributed by atoms with E-state index in [1.165, 1.54) is 37.5 Å². The number of rotatable bonds is 5. The lowest BCUT2D eigenvalue weighted by Gasteiger charge is -2.13. The highest BCUT2D eigenvalue weighted by Crippen LogP contribution is 2.37. The van der Waals surface area contributed by atoms with E-state index < -0.39 is 32.4 Å². The second-order valence-corrected chi connectivity index (χ2v) is 7.62. The van der Waals surface area contributed by atoms with Gasteiger partial charge in [-0.15, -0.1) is 0 Å². The first kappa shape index (κ1) is 22.1. The summed E-state index contributed by atoms with van der Waals surface area (Å²) in [6, 6.07) is 8.27. The number of ether oxygens (including phenoxy) is 1. The molecular formula is C17H11Cl2F3O5S. The molecule has 0 amide bonds. The topological polar surface area (TPSA) is 69.7 Å². The number of hydrogen-bond acceptors (Lipinski definition) is 5. The molecule has 0 aliphatic carbocycles. The molecule has 28 heavy (non-hydrogen) atoms. The van der Waals surface area contributed by atoms with Crippen LogP contribution < -0.4 is 4.18 Å². The van der Waals surface area contributed by atoms with Gasteiger partial charge < -0.3 is 8.92 Å². The number of hydrogen-bond donors (Lipinski definition) is 0. The summed E-state index contributed by atoms with van der Waals surface area (Å²) in [5.74, 6) is -1.25. The molecule has 5 nitrogen and oxygen atoms in total. The van der Waals surface area contributed by atoms with E-state index in [-0.39, 0.29) is 10.6 Å². The first-order valence-corrected chi connectivity index (χ1v) is 9.47. The van der Waals surface area contributed by atoms with Crippen LogP contribution in [0.15, 0.2) is 36.4 Å². The normalized spacial score (nSPS) is 12.2. The molecule has 0 bridgehead atoms. The zero-order chi connectivity index (χ0) is 21.1. The molecule has 0 fully saturated rings. The number of carbonyl (C=O) groups is 1. The number of esters is 1. The van der Waals surface area contributed by atoms with Gasteiger partial charge in [-0.1, -0.05) is 47.5 Å². The highest BCUT2D eigenvalue weighted by atomic mass is 35.5. The summed E-state index contributed by atoms with van der Waals surface area (Å²) in [6.45, 7) is 0. The van der Waals surface area contributed by atoms with Crippen molar-refractivity contribution < 1.29 is 35.3 Å². The molecule has 0 saturated carbocycles. The molecule has 2 aromatic carbocycles. The maximum Gasteiger partial charge on any atom is 0.534 e. The average Bonchev–Trinajstić information content (AvgIpc) is 2.61. The third kappa shape index (κ3) is 5.18. The number of methoxy groups -OCH3 is 1. The standard InChI is InChI=1S/C17H11Cl2F3O5S/c1-26-16(23)11-5-2-10(3-6-11)4-7-12-8-13(18)9-14(19)15(12)27-28(24,25)17(20,21)22/h2-9H,1H3. The van der Waals surface area contributed by atoms with Gasteiger partial charge >= 0.3 is 21.6 Å². The van der Waals surface area contributed by atoms with Gasteiger partial charge in [-0.05, 0) is 29.8 Å². The predicted molar refractivity (Wildman–Crippen MR) is 98.8 cm³/mol. The lowest BCUT2D eigenvalue weighted by molar-refractivity contribution is -0.0500. The Kier molecular flexibility index (Phi) is 6.63. The Hall–Kier alpha value is -2.23. The van der Waals surface area contributed by atoms with Crippen LogP contribution in [-0.2, 0) is 14.9 Å².